The summed E-state index contributed by atoms with van der Waals surface area (Å²) in [4.78, 5) is 37.1. The zero-order chi connectivity index (χ0) is 16.7. The lowest BCUT2D eigenvalue weighted by molar-refractivity contribution is -0.140. The Morgan fingerprint density at radius 2 is 2.00 bits per heavy atom. The van der Waals surface area contributed by atoms with Crippen LogP contribution in [0.2, 0.25) is 0 Å². The van der Waals surface area contributed by atoms with Crippen molar-refractivity contribution in [2.24, 2.45) is 0 Å². The molecule has 7 heteroatoms. The van der Waals surface area contributed by atoms with Gasteiger partial charge in [0.2, 0.25) is 5.91 Å². The van der Waals surface area contributed by atoms with E-state index in [2.05, 4.69) is 15.4 Å². The minimum atomic E-state index is -0.503. The number of nitrogens with one attached hydrogen (secondary N) is 2. The number of rotatable bonds is 5. The first-order chi connectivity index (χ1) is 11.1. The molecule has 1 atom stereocenters. The summed E-state index contributed by atoms with van der Waals surface area (Å²) in [7, 11) is 1.30. The summed E-state index contributed by atoms with van der Waals surface area (Å²) in [6.07, 6.45) is 1.51. The van der Waals surface area contributed by atoms with E-state index >= 15 is 0 Å². The topological polar surface area (TPSA) is 87.7 Å². The maximum absolute atomic E-state index is 12.3. The molecule has 1 saturated heterocycles. The molecule has 124 valence electrons. The molecule has 0 spiro atoms. The molecule has 0 radical (unpaired) electrons. The molecule has 1 aliphatic heterocycles. The first kappa shape index (κ1) is 16.8. The van der Waals surface area contributed by atoms with Gasteiger partial charge < -0.3 is 20.3 Å². The van der Waals surface area contributed by atoms with Gasteiger partial charge in [0.1, 0.15) is 6.04 Å². The van der Waals surface area contributed by atoms with Crippen molar-refractivity contribution in [1.29, 1.82) is 0 Å². The van der Waals surface area contributed by atoms with Crippen LogP contribution in [0.4, 0.5) is 10.5 Å². The number of ether oxygens (including phenoxy) is 1. The highest BCUT2D eigenvalue weighted by Crippen LogP contribution is 2.19. The van der Waals surface area contributed by atoms with E-state index in [1.54, 1.807) is 12.1 Å². The Kier molecular flexibility index (Phi) is 5.96. The van der Waals surface area contributed by atoms with Crippen LogP contribution < -0.4 is 10.6 Å². The molecule has 1 aromatic carbocycles. The van der Waals surface area contributed by atoms with Crippen molar-refractivity contribution >= 4 is 23.6 Å². The van der Waals surface area contributed by atoms with Crippen LogP contribution in [0.3, 0.4) is 0 Å². The van der Waals surface area contributed by atoms with Gasteiger partial charge in [-0.2, -0.15) is 0 Å². The SMILES string of the molecule is COC(=O)CCNC(=O)[C@H]1CCCN1C(=O)Nc1ccccc1. The van der Waals surface area contributed by atoms with Crippen molar-refractivity contribution in [1.82, 2.24) is 10.2 Å². The van der Waals surface area contributed by atoms with Crippen LogP contribution in [-0.4, -0.2) is 49.0 Å². The van der Waals surface area contributed by atoms with Crippen molar-refractivity contribution in [3.63, 3.8) is 0 Å². The van der Waals surface area contributed by atoms with Crippen molar-refractivity contribution in [3.05, 3.63) is 30.3 Å². The van der Waals surface area contributed by atoms with Crippen LogP contribution in [0, 0.1) is 0 Å². The molecule has 1 heterocycles. The Balaban J connectivity index is 1.87. The van der Waals surface area contributed by atoms with Gasteiger partial charge in [0, 0.05) is 18.8 Å². The average Bonchev–Trinajstić information content (AvgIpc) is 3.05. The quantitative estimate of drug-likeness (QED) is 0.802. The number of carbonyl (C=O) groups is 3. The fraction of sp³-hybridized carbons (Fsp3) is 0.438. The van der Waals surface area contributed by atoms with Crippen LogP contribution in [0.25, 0.3) is 0 Å². The van der Waals surface area contributed by atoms with Crippen molar-refractivity contribution in [2.75, 3.05) is 25.5 Å². The summed E-state index contributed by atoms with van der Waals surface area (Å²) in [6.45, 7) is 0.740. The molecule has 3 amide bonds. The molecule has 0 unspecified atom stereocenters. The molecular formula is C16H21N3O4. The lowest BCUT2D eigenvalue weighted by Crippen LogP contribution is -2.47. The van der Waals surface area contributed by atoms with Crippen LogP contribution in [-0.2, 0) is 14.3 Å². The molecule has 2 N–H and O–H groups in total. The number of anilines is 1. The monoisotopic (exact) mass is 319 g/mol. The summed E-state index contributed by atoms with van der Waals surface area (Å²) in [5.74, 6) is -0.620. The van der Waals surface area contributed by atoms with E-state index in [-0.39, 0.29) is 30.9 Å². The van der Waals surface area contributed by atoms with E-state index < -0.39 is 6.04 Å². The highest BCUT2D eigenvalue weighted by molar-refractivity contribution is 5.94. The number of nitrogens with zero attached hydrogens (tertiary/aromatic N) is 1. The second kappa shape index (κ2) is 8.17. The summed E-state index contributed by atoms with van der Waals surface area (Å²) >= 11 is 0. The van der Waals surface area contributed by atoms with Gasteiger partial charge in [-0.1, -0.05) is 18.2 Å². The Bertz CT molecular complexity index is 562. The lowest BCUT2D eigenvalue weighted by Gasteiger charge is -2.24. The number of benzene rings is 1. The zero-order valence-corrected chi connectivity index (χ0v) is 13.1. The number of methoxy groups -OCH3 is 1. The Morgan fingerprint density at radius 1 is 1.26 bits per heavy atom. The van der Waals surface area contributed by atoms with Gasteiger partial charge in [0.05, 0.1) is 13.5 Å². The smallest absolute Gasteiger partial charge is 0.322 e. The first-order valence-corrected chi connectivity index (χ1v) is 7.59. The minimum Gasteiger partial charge on any atom is -0.469 e. The highest BCUT2D eigenvalue weighted by Gasteiger charge is 2.34. The Hall–Kier alpha value is -2.57. The van der Waals surface area contributed by atoms with Crippen LogP contribution in [0.1, 0.15) is 19.3 Å². The number of hydrogen-bond donors (Lipinski definition) is 2. The summed E-state index contributed by atoms with van der Waals surface area (Å²) < 4.78 is 4.52. The van der Waals surface area contributed by atoms with Gasteiger partial charge in [-0.3, -0.25) is 9.59 Å². The standard InChI is InChI=1S/C16H21N3O4/c1-23-14(20)9-10-17-15(21)13-8-5-11-19(13)16(22)18-12-6-3-2-4-7-12/h2-4,6-7,13H,5,8-11H2,1H3,(H,17,21)(H,18,22)/t13-/m1/s1. The third-order valence-electron chi connectivity index (χ3n) is 3.70. The molecule has 0 aromatic heterocycles. The van der Waals surface area contributed by atoms with Gasteiger partial charge >= 0.3 is 12.0 Å². The second-order valence-electron chi connectivity index (χ2n) is 5.26. The molecule has 23 heavy (non-hydrogen) atoms. The highest BCUT2D eigenvalue weighted by atomic mass is 16.5. The number of hydrogen-bond acceptors (Lipinski definition) is 4. The molecule has 0 saturated carbocycles. The molecule has 1 aromatic rings. The maximum Gasteiger partial charge on any atom is 0.322 e. The van der Waals surface area contributed by atoms with E-state index in [0.29, 0.717) is 18.7 Å². The molecule has 0 aliphatic carbocycles. The zero-order valence-electron chi connectivity index (χ0n) is 13.1. The third kappa shape index (κ3) is 4.70. The second-order valence-corrected chi connectivity index (χ2v) is 5.26. The summed E-state index contributed by atoms with van der Waals surface area (Å²) in [5.41, 5.74) is 0.689. The van der Waals surface area contributed by atoms with Gasteiger partial charge in [0.25, 0.3) is 0 Å². The fourth-order valence-electron chi connectivity index (χ4n) is 2.51. The number of carbonyl (C=O) groups excluding carboxylic acids is 3. The first-order valence-electron chi connectivity index (χ1n) is 7.59. The molecule has 0 bridgehead atoms. The van der Waals surface area contributed by atoms with Gasteiger partial charge in [-0.05, 0) is 25.0 Å². The predicted octanol–water partition coefficient (Wildman–Crippen LogP) is 1.36. The normalized spacial score (nSPS) is 16.7. The molecule has 2 rings (SSSR count). The summed E-state index contributed by atoms with van der Waals surface area (Å²) in [6, 6.07) is 8.31. The van der Waals surface area contributed by atoms with Gasteiger partial charge in [-0.25, -0.2) is 4.79 Å². The maximum atomic E-state index is 12.3. The number of likely N-dealkylation sites (tertiary alicyclic amines) is 1. The van der Waals surface area contributed by atoms with Crippen molar-refractivity contribution in [2.45, 2.75) is 25.3 Å². The third-order valence-corrected chi connectivity index (χ3v) is 3.70. The fourth-order valence-corrected chi connectivity index (χ4v) is 2.51. The Labute approximate surface area is 135 Å². The molecular weight excluding hydrogens is 298 g/mol. The van der Waals surface area contributed by atoms with Crippen LogP contribution >= 0.6 is 0 Å². The van der Waals surface area contributed by atoms with Crippen LogP contribution in [0.15, 0.2) is 30.3 Å². The van der Waals surface area contributed by atoms with Gasteiger partial charge in [-0.15, -0.1) is 0 Å². The molecule has 1 fully saturated rings. The van der Waals surface area contributed by atoms with E-state index in [1.807, 2.05) is 18.2 Å². The summed E-state index contributed by atoms with van der Waals surface area (Å²) in [5, 5.41) is 5.46. The minimum absolute atomic E-state index is 0.116. The van der Waals surface area contributed by atoms with E-state index in [1.165, 1.54) is 12.0 Å². The number of esters is 1. The number of amides is 3. The predicted molar refractivity (Wildman–Crippen MR) is 84.8 cm³/mol. The van der Waals surface area contributed by atoms with Crippen molar-refractivity contribution in [3.8, 4) is 0 Å². The lowest BCUT2D eigenvalue weighted by atomic mass is 10.2. The average molecular weight is 319 g/mol. The van der Waals surface area contributed by atoms with E-state index in [0.717, 1.165) is 6.42 Å². The number of para-hydroxylation sites is 1. The number of urea groups is 1. The van der Waals surface area contributed by atoms with Crippen molar-refractivity contribution < 1.29 is 19.1 Å². The Morgan fingerprint density at radius 3 is 2.70 bits per heavy atom. The molecule has 7 nitrogen and oxygen atoms in total. The van der Waals surface area contributed by atoms with E-state index in [9.17, 15) is 14.4 Å². The largest absolute Gasteiger partial charge is 0.469 e. The molecule has 1 aliphatic rings. The van der Waals surface area contributed by atoms with E-state index in [4.69, 9.17) is 0 Å². The van der Waals surface area contributed by atoms with Crippen LogP contribution in [0.5, 0.6) is 0 Å². The van der Waals surface area contributed by atoms with Gasteiger partial charge in [0.15, 0.2) is 0 Å².